The maximum Gasteiger partial charge on any atom is 0.276 e. The number of carbonyl (C=O) groups excluding carboxylic acids is 3. The third-order valence-electron chi connectivity index (χ3n) is 7.45. The van der Waals surface area contributed by atoms with Crippen LogP contribution in [0.3, 0.4) is 0 Å². The van der Waals surface area contributed by atoms with Crippen molar-refractivity contribution < 1.29 is 23.9 Å². The van der Waals surface area contributed by atoms with Crippen molar-refractivity contribution in [2.24, 2.45) is 17.4 Å². The van der Waals surface area contributed by atoms with Gasteiger partial charge in [0.15, 0.2) is 0 Å². The smallest absolute Gasteiger partial charge is 0.276 e. The number of primary amides is 2. The van der Waals surface area contributed by atoms with E-state index in [-0.39, 0.29) is 11.5 Å². The summed E-state index contributed by atoms with van der Waals surface area (Å²) >= 11 is 0. The number of nitrogens with two attached hydrogens (primary N) is 3. The summed E-state index contributed by atoms with van der Waals surface area (Å²) in [5.41, 5.74) is 21.0. The van der Waals surface area contributed by atoms with Crippen LogP contribution in [-0.4, -0.2) is 63.4 Å². The molecule has 3 amide bonds. The summed E-state index contributed by atoms with van der Waals surface area (Å²) in [6.45, 7) is 6.86. The van der Waals surface area contributed by atoms with Crippen LogP contribution < -0.4 is 32.6 Å². The average Bonchev–Trinajstić information content (AvgIpc) is 3.53. The van der Waals surface area contributed by atoms with E-state index in [1.54, 1.807) is 35.0 Å². The van der Waals surface area contributed by atoms with Crippen molar-refractivity contribution in [3.63, 3.8) is 0 Å². The molecule has 8 N–H and O–H groups in total. The molecule has 4 aromatic rings. The topological polar surface area (TPSA) is 207 Å². The van der Waals surface area contributed by atoms with Crippen LogP contribution in [0.5, 0.6) is 5.75 Å². The average molecular weight is 616 g/mol. The molecule has 0 bridgehead atoms. The highest BCUT2D eigenvalue weighted by atomic mass is 16.5. The quantitative estimate of drug-likeness (QED) is 0.104. The highest BCUT2D eigenvalue weighted by molar-refractivity contribution is 6.03. The van der Waals surface area contributed by atoms with Crippen molar-refractivity contribution >= 4 is 46.1 Å². The highest BCUT2D eigenvalue weighted by Gasteiger charge is 2.20. The predicted molar refractivity (Wildman–Crippen MR) is 170 cm³/mol. The number of hydrogen-bond acceptors (Lipinski definition) is 9. The van der Waals surface area contributed by atoms with Gasteiger partial charge in [-0.2, -0.15) is 5.10 Å². The van der Waals surface area contributed by atoms with Gasteiger partial charge in [0, 0.05) is 36.7 Å². The molecule has 2 aromatic carbocycles. The summed E-state index contributed by atoms with van der Waals surface area (Å²) in [4.78, 5) is 41.4. The van der Waals surface area contributed by atoms with E-state index in [0.717, 1.165) is 25.3 Å². The molecule has 1 aliphatic heterocycles. The van der Waals surface area contributed by atoms with Gasteiger partial charge in [0.25, 0.3) is 5.91 Å². The van der Waals surface area contributed by atoms with Crippen molar-refractivity contribution in [1.29, 1.82) is 0 Å². The molecule has 1 fully saturated rings. The van der Waals surface area contributed by atoms with Gasteiger partial charge in [-0.15, -0.1) is 0 Å². The molecule has 14 heteroatoms. The maximum absolute atomic E-state index is 13.2. The van der Waals surface area contributed by atoms with Crippen molar-refractivity contribution in [1.82, 2.24) is 19.3 Å². The molecule has 2 aromatic heterocycles. The Hall–Kier alpha value is -5.37. The van der Waals surface area contributed by atoms with Crippen LogP contribution in [0.4, 0.5) is 17.3 Å². The number of nitrogen functional groups attached to an aromatic ring is 1. The molecule has 5 rings (SSSR count). The van der Waals surface area contributed by atoms with Crippen molar-refractivity contribution in [3.05, 3.63) is 71.1 Å². The number of imidazole rings is 1. The van der Waals surface area contributed by atoms with Gasteiger partial charge >= 0.3 is 0 Å². The van der Waals surface area contributed by atoms with E-state index >= 15 is 0 Å². The Morgan fingerprint density at radius 1 is 1.09 bits per heavy atom. The van der Waals surface area contributed by atoms with E-state index in [4.69, 9.17) is 26.7 Å². The number of nitrogens with zero attached hydrogens (tertiary/aromatic N) is 4. The first-order valence-electron chi connectivity index (χ1n) is 14.6. The Labute approximate surface area is 259 Å². The number of carbonyl (C=O) groups is 3. The van der Waals surface area contributed by atoms with Crippen LogP contribution in [0.2, 0.25) is 0 Å². The predicted octanol–water partition coefficient (Wildman–Crippen LogP) is 2.68. The van der Waals surface area contributed by atoms with E-state index in [2.05, 4.69) is 20.7 Å². The number of anilines is 3. The molecule has 14 nitrogen and oxygen atoms in total. The molecule has 0 aliphatic carbocycles. The minimum atomic E-state index is -0.599. The molecule has 0 atom stereocenters. The van der Waals surface area contributed by atoms with Crippen LogP contribution >= 0.6 is 0 Å². The maximum atomic E-state index is 13.2. The number of aryl methyl sites for hydroxylation is 2. The lowest BCUT2D eigenvalue weighted by Gasteiger charge is -2.26. The first-order valence-corrected chi connectivity index (χ1v) is 14.6. The van der Waals surface area contributed by atoms with Gasteiger partial charge in [0.2, 0.25) is 17.8 Å². The van der Waals surface area contributed by atoms with Crippen molar-refractivity contribution in [2.45, 2.75) is 33.4 Å². The fraction of sp³-hybridized carbons (Fsp3) is 0.323. The Kier molecular flexibility index (Phi) is 9.33. The molecule has 0 spiro atoms. The summed E-state index contributed by atoms with van der Waals surface area (Å²) in [6, 6.07) is 9.76. The third-order valence-corrected chi connectivity index (χ3v) is 7.45. The first-order chi connectivity index (χ1) is 21.6. The summed E-state index contributed by atoms with van der Waals surface area (Å²) in [5, 5.41) is 10.5. The van der Waals surface area contributed by atoms with Crippen LogP contribution in [0.25, 0.3) is 11.0 Å². The van der Waals surface area contributed by atoms with Gasteiger partial charge in [-0.3, -0.25) is 24.4 Å². The second-order valence-electron chi connectivity index (χ2n) is 10.8. The number of hydrogen-bond donors (Lipinski definition) is 5. The Morgan fingerprint density at radius 2 is 1.87 bits per heavy atom. The summed E-state index contributed by atoms with van der Waals surface area (Å²) in [7, 11) is 0. The highest BCUT2D eigenvalue weighted by Crippen LogP contribution is 2.33. The second-order valence-corrected chi connectivity index (χ2v) is 10.8. The number of fused-ring (bicyclic) bond motifs is 1. The summed E-state index contributed by atoms with van der Waals surface area (Å²) in [6.07, 6.45) is 4.61. The molecule has 236 valence electrons. The molecular weight excluding hydrogens is 578 g/mol. The Morgan fingerprint density at radius 3 is 2.56 bits per heavy atom. The lowest BCUT2D eigenvalue weighted by molar-refractivity contribution is -0.0401. The molecule has 1 aliphatic rings. The van der Waals surface area contributed by atoms with Crippen molar-refractivity contribution in [3.8, 4) is 5.75 Å². The van der Waals surface area contributed by atoms with Gasteiger partial charge in [-0.1, -0.05) is 12.2 Å². The SMILES string of the molecule is CCn1nc(C)cc1C(=O)Nc1nc2cc(C(N)=O)ccc2n1CC=CCNc1c(N)cc(C(N)=O)cc1OCCC1COC1. The Balaban J connectivity index is 1.33. The van der Waals surface area contributed by atoms with Crippen LogP contribution in [0.1, 0.15) is 50.2 Å². The van der Waals surface area contributed by atoms with E-state index < -0.39 is 11.8 Å². The molecule has 1 saturated heterocycles. The molecule has 0 radical (unpaired) electrons. The number of benzene rings is 2. The van der Waals surface area contributed by atoms with Crippen LogP contribution in [-0.2, 0) is 17.8 Å². The lowest BCUT2D eigenvalue weighted by atomic mass is 10.1. The molecular formula is C31H37N9O5. The zero-order chi connectivity index (χ0) is 32.1. The van der Waals surface area contributed by atoms with Gasteiger partial charge in [-0.05, 0) is 56.7 Å². The van der Waals surface area contributed by atoms with E-state index in [1.807, 2.05) is 30.6 Å². The zero-order valence-corrected chi connectivity index (χ0v) is 25.2. The number of aromatic nitrogens is 4. The van der Waals surface area contributed by atoms with E-state index in [1.165, 1.54) is 6.07 Å². The molecule has 3 heterocycles. The molecule has 0 unspecified atom stereocenters. The van der Waals surface area contributed by atoms with Gasteiger partial charge in [-0.25, -0.2) is 4.98 Å². The number of ether oxygens (including phenoxy) is 2. The van der Waals surface area contributed by atoms with Crippen LogP contribution in [0.15, 0.2) is 48.6 Å². The molecule has 0 saturated carbocycles. The van der Waals surface area contributed by atoms with Gasteiger partial charge in [0.1, 0.15) is 17.1 Å². The number of nitrogens with one attached hydrogen (secondary N) is 2. The number of allylic oxidation sites excluding steroid dienone is 1. The standard InChI is InChI=1S/C31H37N9O5/c1-3-40-25(12-18(2)38-40)30(43)37-31-36-23-14-20(28(33)41)6-7-24(23)39(31)10-5-4-9-35-27-22(32)13-21(29(34)42)15-26(27)45-11-8-19-16-44-17-19/h4-7,12-15,19,35H,3,8-11,16-17,32H2,1-2H3,(H2,33,41)(H2,34,42)(H,36,37,43). The van der Waals surface area contributed by atoms with E-state index in [0.29, 0.717) is 77.5 Å². The minimum absolute atomic E-state index is 0.258. The summed E-state index contributed by atoms with van der Waals surface area (Å²) in [5.74, 6) is -0.339. The third kappa shape index (κ3) is 7.07. The first kappa shape index (κ1) is 31.1. The fourth-order valence-electron chi connectivity index (χ4n) is 4.99. The van der Waals surface area contributed by atoms with Gasteiger partial charge in [0.05, 0.1) is 42.2 Å². The summed E-state index contributed by atoms with van der Waals surface area (Å²) < 4.78 is 14.7. The number of rotatable bonds is 14. The van der Waals surface area contributed by atoms with Crippen LogP contribution in [0, 0.1) is 12.8 Å². The second kappa shape index (κ2) is 13.5. The minimum Gasteiger partial charge on any atom is -0.491 e. The normalized spacial score (nSPS) is 13.2. The lowest BCUT2D eigenvalue weighted by Crippen LogP contribution is -2.28. The largest absolute Gasteiger partial charge is 0.491 e. The monoisotopic (exact) mass is 615 g/mol. The fourth-order valence-corrected chi connectivity index (χ4v) is 4.99. The number of amides is 3. The van der Waals surface area contributed by atoms with Crippen molar-refractivity contribution in [2.75, 3.05) is 42.7 Å². The Bertz CT molecular complexity index is 1770. The van der Waals surface area contributed by atoms with E-state index in [9.17, 15) is 14.4 Å². The zero-order valence-electron chi connectivity index (χ0n) is 25.2. The molecule has 45 heavy (non-hydrogen) atoms. The van der Waals surface area contributed by atoms with Gasteiger partial charge < -0.3 is 36.6 Å².